The summed E-state index contributed by atoms with van der Waals surface area (Å²) in [5.41, 5.74) is 5.50. The average molecular weight is 443 g/mol. The lowest BCUT2D eigenvalue weighted by Gasteiger charge is -2.37. The van der Waals surface area contributed by atoms with Crippen molar-refractivity contribution >= 4 is 17.5 Å². The molecule has 0 aromatic heterocycles. The maximum absolute atomic E-state index is 12.9. The molecule has 6 nitrogen and oxygen atoms in total. The minimum atomic E-state index is -0.958. The molecule has 2 aromatic rings. The molecule has 2 N–H and O–H groups in total. The molecule has 33 heavy (non-hydrogen) atoms. The molecule has 5 rings (SSSR count). The summed E-state index contributed by atoms with van der Waals surface area (Å²) in [6, 6.07) is 14.2. The van der Waals surface area contributed by atoms with Crippen LogP contribution in [0.15, 0.2) is 71.1 Å². The van der Waals surface area contributed by atoms with Crippen molar-refractivity contribution in [2.24, 2.45) is 0 Å². The molecule has 1 heterocycles. The number of hydrogen-bond acceptors (Lipinski definition) is 5. The van der Waals surface area contributed by atoms with E-state index in [0.717, 1.165) is 59.4 Å². The lowest BCUT2D eigenvalue weighted by Crippen LogP contribution is -2.36. The van der Waals surface area contributed by atoms with E-state index >= 15 is 0 Å². The highest BCUT2D eigenvalue weighted by molar-refractivity contribution is 6.06. The van der Waals surface area contributed by atoms with Crippen LogP contribution < -0.4 is 10.1 Å². The third-order valence-electron chi connectivity index (χ3n) is 6.61. The van der Waals surface area contributed by atoms with Crippen molar-refractivity contribution in [1.29, 1.82) is 0 Å². The van der Waals surface area contributed by atoms with E-state index in [1.807, 2.05) is 24.3 Å². The van der Waals surface area contributed by atoms with Crippen LogP contribution in [0.1, 0.15) is 65.9 Å². The van der Waals surface area contributed by atoms with Gasteiger partial charge in [0.05, 0.1) is 5.56 Å². The van der Waals surface area contributed by atoms with Crippen molar-refractivity contribution in [3.8, 4) is 5.75 Å². The summed E-state index contributed by atoms with van der Waals surface area (Å²) < 4.78 is 5.87. The predicted molar refractivity (Wildman–Crippen MR) is 122 cm³/mol. The van der Waals surface area contributed by atoms with Crippen LogP contribution in [0.25, 0.3) is 0 Å². The van der Waals surface area contributed by atoms with Crippen LogP contribution in [-0.2, 0) is 16.2 Å². The molecule has 0 unspecified atom stereocenters. The van der Waals surface area contributed by atoms with Gasteiger partial charge in [-0.3, -0.25) is 9.59 Å². The molecular formula is C27H25NO5. The molecule has 168 valence electrons. The fraction of sp³-hybridized carbons (Fsp3) is 0.296. The smallest absolute Gasteiger partial charge is 0.335 e. The number of Topliss-reactive ketones (excluding diaryl/α,β-unsaturated/α-hetero) is 2. The molecular weight excluding hydrogens is 418 g/mol. The first-order valence-electron chi connectivity index (χ1n) is 11.4. The van der Waals surface area contributed by atoms with E-state index in [1.54, 1.807) is 24.3 Å². The van der Waals surface area contributed by atoms with E-state index in [-0.39, 0.29) is 23.0 Å². The van der Waals surface area contributed by atoms with E-state index in [4.69, 9.17) is 9.84 Å². The fourth-order valence-corrected chi connectivity index (χ4v) is 4.98. The normalized spacial score (nSPS) is 18.5. The van der Waals surface area contributed by atoms with Gasteiger partial charge in [-0.05, 0) is 61.1 Å². The van der Waals surface area contributed by atoms with Crippen LogP contribution in [0.4, 0.5) is 0 Å². The van der Waals surface area contributed by atoms with E-state index in [1.165, 1.54) is 0 Å². The molecule has 0 bridgehead atoms. The number of carboxylic acids is 1. The number of benzene rings is 2. The molecule has 3 aliphatic rings. The predicted octanol–water partition coefficient (Wildman–Crippen LogP) is 4.66. The Morgan fingerprint density at radius 2 is 1.42 bits per heavy atom. The summed E-state index contributed by atoms with van der Waals surface area (Å²) >= 11 is 0. The molecule has 0 spiro atoms. The molecule has 6 heteroatoms. The molecule has 0 atom stereocenters. The highest BCUT2D eigenvalue weighted by atomic mass is 16.5. The van der Waals surface area contributed by atoms with Gasteiger partial charge < -0.3 is 15.2 Å². The fourth-order valence-electron chi connectivity index (χ4n) is 4.98. The van der Waals surface area contributed by atoms with Crippen LogP contribution in [0.2, 0.25) is 0 Å². The Bertz CT molecular complexity index is 1150. The van der Waals surface area contributed by atoms with Gasteiger partial charge in [0.2, 0.25) is 0 Å². The standard InChI is InChI=1S/C27H25NO5/c29-22-5-1-3-20-25(22)24(26-21(28-20)4-2-6-23(26)30)17-11-13-19(14-12-17)33-15-16-7-9-18(10-8-16)27(31)32/h7-14,24,28H,1-6,15H2,(H,31,32). The van der Waals surface area contributed by atoms with E-state index < -0.39 is 5.97 Å². The van der Waals surface area contributed by atoms with Crippen LogP contribution in [0.5, 0.6) is 5.75 Å². The number of carboxylic acid groups (broad SMARTS) is 1. The molecule has 0 saturated heterocycles. The molecule has 2 aromatic carbocycles. The second-order valence-corrected chi connectivity index (χ2v) is 8.76. The molecule has 1 aliphatic heterocycles. The Labute approximate surface area is 192 Å². The number of ether oxygens (including phenoxy) is 1. The number of allylic oxidation sites excluding steroid dienone is 4. The third kappa shape index (κ3) is 4.09. The highest BCUT2D eigenvalue weighted by Crippen LogP contribution is 2.45. The molecule has 0 fully saturated rings. The zero-order valence-corrected chi connectivity index (χ0v) is 18.2. The van der Waals surface area contributed by atoms with E-state index in [0.29, 0.717) is 25.2 Å². The van der Waals surface area contributed by atoms with Crippen molar-refractivity contribution in [1.82, 2.24) is 5.32 Å². The van der Waals surface area contributed by atoms with Crippen molar-refractivity contribution in [3.63, 3.8) is 0 Å². The summed E-state index contributed by atoms with van der Waals surface area (Å²) in [5, 5.41) is 12.4. The SMILES string of the molecule is O=C1CCCC2=C1C(c1ccc(OCc3ccc(C(=O)O)cc3)cc1)C1=C(CCCC1=O)N2. The summed E-state index contributed by atoms with van der Waals surface area (Å²) in [7, 11) is 0. The number of rotatable bonds is 5. The first kappa shape index (κ1) is 21.2. The minimum absolute atomic E-state index is 0.129. The van der Waals surface area contributed by atoms with Crippen molar-refractivity contribution < 1.29 is 24.2 Å². The third-order valence-corrected chi connectivity index (χ3v) is 6.61. The first-order valence-corrected chi connectivity index (χ1v) is 11.4. The minimum Gasteiger partial charge on any atom is -0.489 e. The maximum atomic E-state index is 12.9. The summed E-state index contributed by atoms with van der Waals surface area (Å²) in [6.45, 7) is 0.314. The van der Waals surface area contributed by atoms with Crippen molar-refractivity contribution in [2.45, 2.75) is 51.0 Å². The number of dihydropyridines is 1. The number of carbonyl (C=O) groups is 3. The lowest BCUT2D eigenvalue weighted by molar-refractivity contribution is -0.117. The quantitative estimate of drug-likeness (QED) is 0.698. The van der Waals surface area contributed by atoms with E-state index in [2.05, 4.69) is 5.32 Å². The van der Waals surface area contributed by atoms with Crippen LogP contribution in [0.3, 0.4) is 0 Å². The topological polar surface area (TPSA) is 92.7 Å². The van der Waals surface area contributed by atoms with Gasteiger partial charge in [-0.15, -0.1) is 0 Å². The van der Waals surface area contributed by atoms with Gasteiger partial charge in [-0.2, -0.15) is 0 Å². The Morgan fingerprint density at radius 1 is 0.848 bits per heavy atom. The highest BCUT2D eigenvalue weighted by Gasteiger charge is 2.40. The maximum Gasteiger partial charge on any atom is 0.335 e. The zero-order chi connectivity index (χ0) is 22.9. The Morgan fingerprint density at radius 3 is 1.97 bits per heavy atom. The van der Waals surface area contributed by atoms with E-state index in [9.17, 15) is 14.4 Å². The number of hydrogen-bond donors (Lipinski definition) is 2. The summed E-state index contributed by atoms with van der Waals surface area (Å²) in [4.78, 5) is 36.8. The Kier molecular flexibility index (Phi) is 5.58. The van der Waals surface area contributed by atoms with Gasteiger partial charge in [-0.1, -0.05) is 24.3 Å². The first-order chi connectivity index (χ1) is 16.0. The van der Waals surface area contributed by atoms with Gasteiger partial charge in [-0.25, -0.2) is 4.79 Å². The zero-order valence-electron chi connectivity index (χ0n) is 18.2. The Balaban J connectivity index is 1.39. The number of aromatic carboxylic acids is 1. The van der Waals surface area contributed by atoms with Gasteiger partial charge in [0.25, 0.3) is 0 Å². The van der Waals surface area contributed by atoms with Gasteiger partial charge >= 0.3 is 5.97 Å². The van der Waals surface area contributed by atoms with Gasteiger partial charge in [0, 0.05) is 41.3 Å². The van der Waals surface area contributed by atoms with Crippen LogP contribution in [0, 0.1) is 0 Å². The molecule has 0 amide bonds. The van der Waals surface area contributed by atoms with Crippen molar-refractivity contribution in [3.05, 3.63) is 87.8 Å². The van der Waals surface area contributed by atoms with Gasteiger partial charge in [0.15, 0.2) is 11.6 Å². The van der Waals surface area contributed by atoms with Crippen LogP contribution in [-0.4, -0.2) is 22.6 Å². The van der Waals surface area contributed by atoms with Gasteiger partial charge in [0.1, 0.15) is 12.4 Å². The largest absolute Gasteiger partial charge is 0.489 e. The lowest BCUT2D eigenvalue weighted by atomic mass is 9.71. The van der Waals surface area contributed by atoms with Crippen molar-refractivity contribution in [2.75, 3.05) is 0 Å². The molecule has 2 aliphatic carbocycles. The second kappa shape index (κ2) is 8.70. The van der Waals surface area contributed by atoms with Crippen LogP contribution >= 0.6 is 0 Å². The molecule has 0 saturated carbocycles. The summed E-state index contributed by atoms with van der Waals surface area (Å²) in [5.74, 6) is -0.342. The number of carbonyl (C=O) groups excluding carboxylic acids is 2. The average Bonchev–Trinajstić information content (AvgIpc) is 2.82. The summed E-state index contributed by atoms with van der Waals surface area (Å²) in [6.07, 6.45) is 4.41. The number of nitrogens with one attached hydrogen (secondary N) is 1. The number of ketones is 2. The molecule has 0 radical (unpaired) electrons. The monoisotopic (exact) mass is 443 g/mol. The second-order valence-electron chi connectivity index (χ2n) is 8.76. The Hall–Kier alpha value is -3.67.